The molecule has 62 valence electrons. The number of hydrogen-bond acceptors (Lipinski definition) is 2. The summed E-state index contributed by atoms with van der Waals surface area (Å²) in [6, 6.07) is 1.39. The van der Waals surface area contributed by atoms with Crippen LogP contribution in [-0.4, -0.2) is 14.9 Å². The third-order valence-electron chi connectivity index (χ3n) is 1.55. The lowest BCUT2D eigenvalue weighted by Crippen LogP contribution is -2.16. The van der Waals surface area contributed by atoms with E-state index in [2.05, 4.69) is 5.10 Å². The number of aromatic nitrogens is 2. The van der Waals surface area contributed by atoms with Gasteiger partial charge in [0.1, 0.15) is 5.60 Å². The van der Waals surface area contributed by atoms with Crippen LogP contribution in [0.1, 0.15) is 19.5 Å². The number of hydrogen-bond donors (Lipinski definition) is 2. The smallest absolute Gasteiger partial charge is 0.266 e. The highest BCUT2D eigenvalue weighted by molar-refractivity contribution is 5.07. The summed E-state index contributed by atoms with van der Waals surface area (Å²) < 4.78 is 1.33. The minimum Gasteiger partial charge on any atom is -0.384 e. The normalized spacial score (nSPS) is 12.0. The molecule has 11 heavy (non-hydrogen) atoms. The SMILES string of the molecule is Cn1[nH]c(C(C)(C)O)cc1=O. The first-order valence-corrected chi connectivity index (χ1v) is 3.40. The molecule has 4 nitrogen and oxygen atoms in total. The fourth-order valence-corrected chi connectivity index (χ4v) is 0.802. The Bertz CT molecular complexity index is 303. The third-order valence-corrected chi connectivity index (χ3v) is 1.55. The Morgan fingerprint density at radius 3 is 2.36 bits per heavy atom. The molecule has 0 spiro atoms. The predicted molar refractivity (Wildman–Crippen MR) is 41.3 cm³/mol. The molecule has 4 heteroatoms. The van der Waals surface area contributed by atoms with Crippen LogP contribution in [0.4, 0.5) is 0 Å². The maximum Gasteiger partial charge on any atom is 0.266 e. The summed E-state index contributed by atoms with van der Waals surface area (Å²) in [5.41, 5.74) is -0.576. The molecular formula is C7H12N2O2. The van der Waals surface area contributed by atoms with Gasteiger partial charge in [-0.2, -0.15) is 0 Å². The van der Waals surface area contributed by atoms with Crippen LogP contribution < -0.4 is 5.56 Å². The fraction of sp³-hybridized carbons (Fsp3) is 0.571. The molecular weight excluding hydrogens is 144 g/mol. The highest BCUT2D eigenvalue weighted by atomic mass is 16.3. The van der Waals surface area contributed by atoms with Gasteiger partial charge in [0.2, 0.25) is 0 Å². The van der Waals surface area contributed by atoms with Crippen LogP contribution in [0.15, 0.2) is 10.9 Å². The van der Waals surface area contributed by atoms with E-state index in [9.17, 15) is 9.90 Å². The summed E-state index contributed by atoms with van der Waals surface area (Å²) >= 11 is 0. The van der Waals surface area contributed by atoms with Gasteiger partial charge in [-0.3, -0.25) is 14.6 Å². The summed E-state index contributed by atoms with van der Waals surface area (Å²) in [5, 5.41) is 12.2. The second-order valence-corrected chi connectivity index (χ2v) is 3.13. The number of nitrogens with zero attached hydrogens (tertiary/aromatic N) is 1. The van der Waals surface area contributed by atoms with Gasteiger partial charge in [0.05, 0.1) is 5.69 Å². The van der Waals surface area contributed by atoms with Gasteiger partial charge in [-0.25, -0.2) is 0 Å². The van der Waals surface area contributed by atoms with Crippen molar-refractivity contribution in [1.29, 1.82) is 0 Å². The lowest BCUT2D eigenvalue weighted by atomic mass is 10.1. The molecule has 0 aromatic carbocycles. The van der Waals surface area contributed by atoms with Crippen molar-refractivity contribution >= 4 is 0 Å². The van der Waals surface area contributed by atoms with Crippen LogP contribution in [0, 0.1) is 0 Å². The maximum atomic E-state index is 10.9. The van der Waals surface area contributed by atoms with Crippen LogP contribution in [0.2, 0.25) is 0 Å². The quantitative estimate of drug-likeness (QED) is 0.598. The number of nitrogens with one attached hydrogen (secondary N) is 1. The summed E-state index contributed by atoms with van der Waals surface area (Å²) in [7, 11) is 1.61. The topological polar surface area (TPSA) is 58.0 Å². The van der Waals surface area contributed by atoms with Gasteiger partial charge in [-0.1, -0.05) is 0 Å². The zero-order chi connectivity index (χ0) is 8.65. The number of aliphatic hydroxyl groups is 1. The Morgan fingerprint density at radius 1 is 1.64 bits per heavy atom. The fourth-order valence-electron chi connectivity index (χ4n) is 0.802. The van der Waals surface area contributed by atoms with Crippen molar-refractivity contribution in [2.75, 3.05) is 0 Å². The number of aryl methyl sites for hydroxylation is 1. The first-order chi connectivity index (χ1) is 4.91. The van der Waals surface area contributed by atoms with E-state index in [-0.39, 0.29) is 5.56 Å². The van der Waals surface area contributed by atoms with Crippen molar-refractivity contribution in [2.45, 2.75) is 19.4 Å². The number of rotatable bonds is 1. The molecule has 1 rings (SSSR count). The molecule has 1 aromatic heterocycles. The zero-order valence-electron chi connectivity index (χ0n) is 6.88. The van der Waals surface area contributed by atoms with Gasteiger partial charge < -0.3 is 5.11 Å². The molecule has 0 aliphatic heterocycles. The molecule has 1 aromatic rings. The standard InChI is InChI=1S/C7H12N2O2/c1-7(2,11)5-4-6(10)9(3)8-5/h4,8,11H,1-3H3. The highest BCUT2D eigenvalue weighted by Gasteiger charge is 2.18. The molecule has 2 N–H and O–H groups in total. The van der Waals surface area contributed by atoms with Crippen molar-refractivity contribution < 1.29 is 5.11 Å². The van der Waals surface area contributed by atoms with E-state index in [0.29, 0.717) is 5.69 Å². The second kappa shape index (κ2) is 2.23. The molecule has 1 heterocycles. The van der Waals surface area contributed by atoms with Crippen molar-refractivity contribution in [3.8, 4) is 0 Å². The first-order valence-electron chi connectivity index (χ1n) is 3.40. The Labute approximate surface area is 64.5 Å². The van der Waals surface area contributed by atoms with Gasteiger partial charge in [-0.05, 0) is 13.8 Å². The van der Waals surface area contributed by atoms with Crippen LogP contribution in [-0.2, 0) is 12.6 Å². The first kappa shape index (κ1) is 8.07. The lowest BCUT2D eigenvalue weighted by molar-refractivity contribution is 0.0732. The molecule has 0 amide bonds. The van der Waals surface area contributed by atoms with E-state index < -0.39 is 5.60 Å². The summed E-state index contributed by atoms with van der Waals surface area (Å²) in [6.45, 7) is 3.25. The second-order valence-electron chi connectivity index (χ2n) is 3.13. The molecule has 0 fully saturated rings. The molecule has 0 unspecified atom stereocenters. The average Bonchev–Trinajstić information content (AvgIpc) is 2.11. The Morgan fingerprint density at radius 2 is 2.18 bits per heavy atom. The lowest BCUT2D eigenvalue weighted by Gasteiger charge is -2.13. The summed E-state index contributed by atoms with van der Waals surface area (Å²) in [4.78, 5) is 10.9. The number of aromatic amines is 1. The predicted octanol–water partition coefficient (Wildman–Crippen LogP) is -0.0592. The van der Waals surface area contributed by atoms with E-state index >= 15 is 0 Å². The average molecular weight is 156 g/mol. The molecule has 0 saturated heterocycles. The molecule has 0 atom stereocenters. The van der Waals surface area contributed by atoms with Crippen molar-refractivity contribution in [1.82, 2.24) is 9.78 Å². The van der Waals surface area contributed by atoms with Gasteiger partial charge >= 0.3 is 0 Å². The van der Waals surface area contributed by atoms with E-state index in [1.54, 1.807) is 20.9 Å². The van der Waals surface area contributed by atoms with Crippen LogP contribution >= 0.6 is 0 Å². The van der Waals surface area contributed by atoms with E-state index in [4.69, 9.17) is 0 Å². The molecule has 0 radical (unpaired) electrons. The monoisotopic (exact) mass is 156 g/mol. The Balaban J connectivity index is 3.18. The van der Waals surface area contributed by atoms with Crippen LogP contribution in [0.3, 0.4) is 0 Å². The number of H-pyrrole nitrogens is 1. The molecule has 0 aliphatic rings. The van der Waals surface area contributed by atoms with E-state index in [1.807, 2.05) is 0 Å². The largest absolute Gasteiger partial charge is 0.384 e. The molecule has 0 bridgehead atoms. The van der Waals surface area contributed by atoms with Crippen molar-refractivity contribution in [3.63, 3.8) is 0 Å². The summed E-state index contributed by atoms with van der Waals surface area (Å²) in [5.74, 6) is 0. The Kier molecular flexibility index (Phi) is 1.64. The minimum atomic E-state index is -0.972. The van der Waals surface area contributed by atoms with Gasteiger partial charge in [0.15, 0.2) is 0 Å². The molecule has 0 saturated carbocycles. The zero-order valence-corrected chi connectivity index (χ0v) is 6.88. The maximum absolute atomic E-state index is 10.9. The van der Waals surface area contributed by atoms with Gasteiger partial charge in [-0.15, -0.1) is 0 Å². The molecule has 0 aliphatic carbocycles. The van der Waals surface area contributed by atoms with Crippen molar-refractivity contribution in [2.24, 2.45) is 7.05 Å². The van der Waals surface area contributed by atoms with Gasteiger partial charge in [0, 0.05) is 13.1 Å². The van der Waals surface area contributed by atoms with Crippen molar-refractivity contribution in [3.05, 3.63) is 22.1 Å². The highest BCUT2D eigenvalue weighted by Crippen LogP contribution is 2.14. The van der Waals surface area contributed by atoms with Gasteiger partial charge in [0.25, 0.3) is 5.56 Å². The minimum absolute atomic E-state index is 0.137. The van der Waals surface area contributed by atoms with E-state index in [0.717, 1.165) is 0 Å². The third kappa shape index (κ3) is 1.51. The summed E-state index contributed by atoms with van der Waals surface area (Å²) in [6.07, 6.45) is 0. The van der Waals surface area contributed by atoms with Crippen LogP contribution in [0.25, 0.3) is 0 Å². The van der Waals surface area contributed by atoms with E-state index in [1.165, 1.54) is 10.7 Å². The van der Waals surface area contributed by atoms with Crippen LogP contribution in [0.5, 0.6) is 0 Å². The Hall–Kier alpha value is -1.03.